The molecule has 3 nitrogen and oxygen atoms in total. The zero-order chi connectivity index (χ0) is 19.3. The number of hydrogen-bond donors (Lipinski definition) is 1. The van der Waals surface area contributed by atoms with Crippen LogP contribution in [0.1, 0.15) is 19.4 Å². The number of nitrogens with zero attached hydrogens (tertiary/aromatic N) is 1. The fourth-order valence-electron chi connectivity index (χ4n) is 3.98. The lowest BCUT2D eigenvalue weighted by molar-refractivity contribution is 0.0735. The molecule has 3 rings (SSSR count). The molecule has 0 saturated heterocycles. The summed E-state index contributed by atoms with van der Waals surface area (Å²) in [6, 6.07) is 22.7. The first kappa shape index (κ1) is 19.4. The van der Waals surface area contributed by atoms with Crippen LogP contribution >= 0.6 is 0 Å². The average Bonchev–Trinajstić information content (AvgIpc) is 2.71. The first-order chi connectivity index (χ1) is 13.1. The van der Waals surface area contributed by atoms with Crippen LogP contribution in [-0.4, -0.2) is 37.5 Å². The van der Waals surface area contributed by atoms with E-state index in [1.807, 2.05) is 24.3 Å². The Labute approximate surface area is 162 Å². The molecule has 0 amide bonds. The molecule has 0 heterocycles. The highest BCUT2D eigenvalue weighted by Crippen LogP contribution is 2.28. The van der Waals surface area contributed by atoms with Gasteiger partial charge in [0.1, 0.15) is 30.7 Å². The molecule has 0 aromatic heterocycles. The van der Waals surface area contributed by atoms with Gasteiger partial charge in [-0.2, -0.15) is 0 Å². The molecule has 0 aliphatic heterocycles. The minimum atomic E-state index is -0.538. The number of hydrogen-bond acceptors (Lipinski definition) is 2. The number of aliphatic hydroxyl groups excluding tert-OH is 1. The normalized spacial score (nSPS) is 12.9. The SMILES string of the molecule is CC[N+](CC)(CC(O)COc1cccc2ccccc12)c1ccccc1C. The molecule has 3 aromatic carbocycles. The highest BCUT2D eigenvalue weighted by Gasteiger charge is 2.31. The molecule has 0 aliphatic carbocycles. The second-order valence-corrected chi connectivity index (χ2v) is 7.19. The van der Waals surface area contributed by atoms with Crippen LogP contribution in [0.3, 0.4) is 0 Å². The number of likely N-dealkylation sites (N-methyl/N-ethyl adjacent to an activating group) is 1. The molecule has 27 heavy (non-hydrogen) atoms. The minimum absolute atomic E-state index is 0.292. The lowest BCUT2D eigenvalue weighted by Gasteiger charge is -2.38. The van der Waals surface area contributed by atoms with E-state index in [1.54, 1.807) is 0 Å². The van der Waals surface area contributed by atoms with Crippen LogP contribution < -0.4 is 9.22 Å². The average molecular weight is 365 g/mol. The summed E-state index contributed by atoms with van der Waals surface area (Å²) in [4.78, 5) is 0. The van der Waals surface area contributed by atoms with Gasteiger partial charge in [-0.1, -0.05) is 54.6 Å². The number of quaternary nitrogens is 1. The molecular weight excluding hydrogens is 334 g/mol. The van der Waals surface area contributed by atoms with Gasteiger partial charge in [-0.05, 0) is 38.3 Å². The molecule has 3 heteroatoms. The van der Waals surface area contributed by atoms with Gasteiger partial charge in [-0.15, -0.1) is 0 Å². The first-order valence-electron chi connectivity index (χ1n) is 9.80. The molecule has 0 saturated carbocycles. The summed E-state index contributed by atoms with van der Waals surface area (Å²) in [5, 5.41) is 13.0. The number of rotatable bonds is 8. The van der Waals surface area contributed by atoms with Gasteiger partial charge in [-0.25, -0.2) is 0 Å². The molecular formula is C24H30NO2+. The Hall–Kier alpha value is -2.36. The van der Waals surface area contributed by atoms with E-state index in [2.05, 4.69) is 63.2 Å². The van der Waals surface area contributed by atoms with Crippen molar-refractivity contribution < 1.29 is 9.84 Å². The van der Waals surface area contributed by atoms with Crippen molar-refractivity contribution in [2.75, 3.05) is 26.2 Å². The van der Waals surface area contributed by atoms with Crippen LogP contribution in [0.2, 0.25) is 0 Å². The Morgan fingerprint density at radius 2 is 1.56 bits per heavy atom. The second-order valence-electron chi connectivity index (χ2n) is 7.19. The van der Waals surface area contributed by atoms with E-state index < -0.39 is 6.10 Å². The molecule has 0 fully saturated rings. The quantitative estimate of drug-likeness (QED) is 0.574. The lowest BCUT2D eigenvalue weighted by Crippen LogP contribution is -2.54. The van der Waals surface area contributed by atoms with E-state index in [9.17, 15) is 5.11 Å². The van der Waals surface area contributed by atoms with Crippen LogP contribution in [0.5, 0.6) is 5.75 Å². The fourth-order valence-corrected chi connectivity index (χ4v) is 3.98. The van der Waals surface area contributed by atoms with Crippen LogP contribution in [-0.2, 0) is 0 Å². The lowest BCUT2D eigenvalue weighted by atomic mass is 10.1. The van der Waals surface area contributed by atoms with Gasteiger partial charge < -0.3 is 9.84 Å². The molecule has 1 N–H and O–H groups in total. The molecule has 0 radical (unpaired) electrons. The Balaban J connectivity index is 1.75. The number of fused-ring (bicyclic) bond motifs is 1. The van der Waals surface area contributed by atoms with Crippen LogP contribution in [0.25, 0.3) is 10.8 Å². The summed E-state index contributed by atoms with van der Waals surface area (Å²) in [5.41, 5.74) is 2.55. The van der Waals surface area contributed by atoms with Crippen molar-refractivity contribution in [2.24, 2.45) is 0 Å². The Morgan fingerprint density at radius 3 is 2.30 bits per heavy atom. The maximum Gasteiger partial charge on any atom is 0.137 e. The van der Waals surface area contributed by atoms with Gasteiger partial charge in [0.05, 0.1) is 13.1 Å². The molecule has 0 bridgehead atoms. The van der Waals surface area contributed by atoms with Gasteiger partial charge >= 0.3 is 0 Å². The Kier molecular flexibility index (Phi) is 6.15. The topological polar surface area (TPSA) is 29.5 Å². The van der Waals surface area contributed by atoms with Gasteiger partial charge in [0.25, 0.3) is 0 Å². The Bertz CT molecular complexity index is 881. The summed E-state index contributed by atoms with van der Waals surface area (Å²) < 4.78 is 6.78. The van der Waals surface area contributed by atoms with Crippen molar-refractivity contribution >= 4 is 16.5 Å². The van der Waals surface area contributed by atoms with Gasteiger partial charge in [0.15, 0.2) is 0 Å². The molecule has 142 valence electrons. The monoisotopic (exact) mass is 364 g/mol. The van der Waals surface area contributed by atoms with Gasteiger partial charge in [0, 0.05) is 10.9 Å². The third-order valence-corrected chi connectivity index (χ3v) is 5.58. The van der Waals surface area contributed by atoms with E-state index in [0.717, 1.165) is 34.1 Å². The molecule has 1 unspecified atom stereocenters. The summed E-state index contributed by atoms with van der Waals surface area (Å²) >= 11 is 0. The van der Waals surface area contributed by atoms with Crippen molar-refractivity contribution in [1.29, 1.82) is 0 Å². The maximum absolute atomic E-state index is 10.8. The zero-order valence-corrected chi connectivity index (χ0v) is 16.6. The van der Waals surface area contributed by atoms with Crippen molar-refractivity contribution in [3.8, 4) is 5.75 Å². The third-order valence-electron chi connectivity index (χ3n) is 5.58. The van der Waals surface area contributed by atoms with Crippen molar-refractivity contribution in [3.63, 3.8) is 0 Å². The predicted octanol–water partition coefficient (Wildman–Crippen LogP) is 4.94. The van der Waals surface area contributed by atoms with Gasteiger partial charge in [0.2, 0.25) is 0 Å². The van der Waals surface area contributed by atoms with Crippen LogP contribution in [0.4, 0.5) is 5.69 Å². The largest absolute Gasteiger partial charge is 0.490 e. The van der Waals surface area contributed by atoms with Crippen LogP contribution in [0.15, 0.2) is 66.7 Å². The van der Waals surface area contributed by atoms with E-state index in [-0.39, 0.29) is 0 Å². The second kappa shape index (κ2) is 8.55. The first-order valence-corrected chi connectivity index (χ1v) is 9.80. The number of para-hydroxylation sites is 1. The van der Waals surface area contributed by atoms with E-state index in [0.29, 0.717) is 13.2 Å². The predicted molar refractivity (Wildman–Crippen MR) is 114 cm³/mol. The molecule has 0 aliphatic rings. The standard InChI is InChI=1S/C24H30NO2/c1-4-25(5-2,23-15-9-6-11-19(23)3)17-21(26)18-27-24-16-10-13-20-12-7-8-14-22(20)24/h6-16,21,26H,4-5,17-18H2,1-3H3/q+1. The van der Waals surface area contributed by atoms with E-state index >= 15 is 0 Å². The number of ether oxygens (including phenoxy) is 1. The number of aliphatic hydroxyl groups is 1. The number of benzene rings is 3. The van der Waals surface area contributed by atoms with E-state index in [4.69, 9.17) is 4.74 Å². The molecule has 0 spiro atoms. The number of aryl methyl sites for hydroxylation is 1. The third kappa shape index (κ3) is 4.15. The van der Waals surface area contributed by atoms with Crippen molar-refractivity contribution in [2.45, 2.75) is 26.9 Å². The summed E-state index contributed by atoms with van der Waals surface area (Å²) in [6.45, 7) is 9.33. The molecule has 1 atom stereocenters. The Morgan fingerprint density at radius 1 is 0.889 bits per heavy atom. The maximum atomic E-state index is 10.8. The minimum Gasteiger partial charge on any atom is -0.490 e. The van der Waals surface area contributed by atoms with Crippen molar-refractivity contribution in [1.82, 2.24) is 4.48 Å². The van der Waals surface area contributed by atoms with E-state index in [1.165, 1.54) is 11.3 Å². The van der Waals surface area contributed by atoms with Gasteiger partial charge in [-0.3, -0.25) is 4.48 Å². The summed E-state index contributed by atoms with van der Waals surface area (Å²) in [7, 11) is 0. The van der Waals surface area contributed by atoms with Crippen LogP contribution in [0, 0.1) is 6.92 Å². The highest BCUT2D eigenvalue weighted by molar-refractivity contribution is 5.88. The smallest absolute Gasteiger partial charge is 0.137 e. The van der Waals surface area contributed by atoms with Crippen molar-refractivity contribution in [3.05, 3.63) is 72.3 Å². The fraction of sp³-hybridized carbons (Fsp3) is 0.333. The molecule has 3 aromatic rings. The zero-order valence-electron chi connectivity index (χ0n) is 16.6. The summed E-state index contributed by atoms with van der Waals surface area (Å²) in [5.74, 6) is 0.828. The highest BCUT2D eigenvalue weighted by atomic mass is 16.5. The summed E-state index contributed by atoms with van der Waals surface area (Å²) in [6.07, 6.45) is -0.538.